The summed E-state index contributed by atoms with van der Waals surface area (Å²) in [6.45, 7) is 3.87. The molecule has 4 nitrogen and oxygen atoms in total. The van der Waals surface area contributed by atoms with Gasteiger partial charge in [-0.2, -0.15) is 11.8 Å². The van der Waals surface area contributed by atoms with Crippen molar-refractivity contribution < 1.29 is 14.3 Å². The van der Waals surface area contributed by atoms with Crippen molar-refractivity contribution in [2.45, 2.75) is 31.7 Å². The van der Waals surface area contributed by atoms with Crippen LogP contribution in [0.5, 0.6) is 0 Å². The van der Waals surface area contributed by atoms with E-state index >= 15 is 0 Å². The third kappa shape index (κ3) is 5.79. The second-order valence-corrected chi connectivity index (χ2v) is 6.14. The summed E-state index contributed by atoms with van der Waals surface area (Å²) < 4.78 is 4.84. The lowest BCUT2D eigenvalue weighted by Crippen LogP contribution is -2.35. The minimum absolute atomic E-state index is 0.0139. The number of thioether (sulfide) groups is 2. The summed E-state index contributed by atoms with van der Waals surface area (Å²) in [5, 5.41) is 3.63. The van der Waals surface area contributed by atoms with Gasteiger partial charge in [-0.1, -0.05) is 0 Å². The van der Waals surface area contributed by atoms with Crippen LogP contribution in [-0.2, 0) is 14.3 Å². The van der Waals surface area contributed by atoms with Gasteiger partial charge in [-0.25, -0.2) is 0 Å². The zero-order valence-corrected chi connectivity index (χ0v) is 11.9. The van der Waals surface area contributed by atoms with Gasteiger partial charge in [0.15, 0.2) is 0 Å². The Morgan fingerprint density at radius 1 is 1.53 bits per heavy atom. The summed E-state index contributed by atoms with van der Waals surface area (Å²) in [7, 11) is 0. The molecular weight excluding hydrogens is 258 g/mol. The SMILES string of the molecule is CCOC(=O)CSCCC1NC(C(C)=O)CS1. The van der Waals surface area contributed by atoms with Crippen molar-refractivity contribution in [2.75, 3.05) is 23.9 Å². The Morgan fingerprint density at radius 3 is 2.88 bits per heavy atom. The van der Waals surface area contributed by atoms with Gasteiger partial charge in [0.2, 0.25) is 0 Å². The van der Waals surface area contributed by atoms with Crippen molar-refractivity contribution >= 4 is 35.3 Å². The van der Waals surface area contributed by atoms with Crippen LogP contribution < -0.4 is 5.32 Å². The fourth-order valence-corrected chi connectivity index (χ4v) is 3.73. The van der Waals surface area contributed by atoms with E-state index in [1.807, 2.05) is 6.92 Å². The first-order valence-corrected chi connectivity index (χ1v) is 7.95. The number of nitrogens with one attached hydrogen (secondary N) is 1. The van der Waals surface area contributed by atoms with E-state index in [1.54, 1.807) is 30.4 Å². The molecule has 1 N–H and O–H groups in total. The van der Waals surface area contributed by atoms with Crippen molar-refractivity contribution in [3.05, 3.63) is 0 Å². The van der Waals surface area contributed by atoms with Gasteiger partial charge in [0.1, 0.15) is 5.78 Å². The second kappa shape index (κ2) is 8.00. The number of rotatable bonds is 7. The lowest BCUT2D eigenvalue weighted by molar-refractivity contribution is -0.139. The molecule has 2 unspecified atom stereocenters. The van der Waals surface area contributed by atoms with E-state index in [2.05, 4.69) is 5.32 Å². The summed E-state index contributed by atoms with van der Waals surface area (Å²) in [5.41, 5.74) is 0. The Kier molecular flexibility index (Phi) is 6.99. The zero-order chi connectivity index (χ0) is 12.7. The molecule has 0 saturated carbocycles. The molecule has 1 fully saturated rings. The molecule has 0 aromatic heterocycles. The number of ether oxygens (including phenoxy) is 1. The van der Waals surface area contributed by atoms with Gasteiger partial charge in [-0.15, -0.1) is 11.8 Å². The average molecular weight is 277 g/mol. The number of ketones is 1. The lowest BCUT2D eigenvalue weighted by Gasteiger charge is -2.10. The third-order valence-electron chi connectivity index (χ3n) is 2.39. The Labute approximate surface area is 111 Å². The fourth-order valence-electron chi connectivity index (χ4n) is 1.48. The van der Waals surface area contributed by atoms with Gasteiger partial charge >= 0.3 is 5.97 Å². The van der Waals surface area contributed by atoms with Crippen LogP contribution in [0.3, 0.4) is 0 Å². The van der Waals surface area contributed by atoms with E-state index in [0.717, 1.165) is 17.9 Å². The molecule has 17 heavy (non-hydrogen) atoms. The van der Waals surface area contributed by atoms with Crippen LogP contribution in [0.15, 0.2) is 0 Å². The maximum Gasteiger partial charge on any atom is 0.315 e. The van der Waals surface area contributed by atoms with E-state index in [-0.39, 0.29) is 17.8 Å². The maximum atomic E-state index is 11.1. The van der Waals surface area contributed by atoms with Crippen molar-refractivity contribution in [1.29, 1.82) is 0 Å². The Morgan fingerprint density at radius 2 is 2.29 bits per heavy atom. The topological polar surface area (TPSA) is 55.4 Å². The number of hydrogen-bond acceptors (Lipinski definition) is 6. The molecule has 98 valence electrons. The molecule has 1 aliphatic rings. The van der Waals surface area contributed by atoms with Gasteiger partial charge < -0.3 is 4.74 Å². The molecule has 0 spiro atoms. The minimum Gasteiger partial charge on any atom is -0.465 e. The summed E-state index contributed by atoms with van der Waals surface area (Å²) in [6, 6.07) is 0.0139. The molecule has 0 aromatic rings. The van der Waals surface area contributed by atoms with Crippen LogP contribution in [0.1, 0.15) is 20.3 Å². The summed E-state index contributed by atoms with van der Waals surface area (Å²) in [6.07, 6.45) is 0.971. The van der Waals surface area contributed by atoms with Crippen molar-refractivity contribution in [3.8, 4) is 0 Å². The van der Waals surface area contributed by atoms with Crippen molar-refractivity contribution in [2.24, 2.45) is 0 Å². The standard InChI is InChI=1S/C11H19NO3S2/c1-3-15-11(14)7-16-5-4-10-12-9(6-17-10)8(2)13/h9-10,12H,3-7H2,1-2H3. The zero-order valence-electron chi connectivity index (χ0n) is 10.2. The smallest absolute Gasteiger partial charge is 0.315 e. The predicted octanol–water partition coefficient (Wildman–Crippen LogP) is 1.29. The first kappa shape index (κ1) is 14.9. The highest BCUT2D eigenvalue weighted by Gasteiger charge is 2.26. The number of Topliss-reactive ketones (excluding diaryl/α,β-unsaturated/α-hetero) is 1. The van der Waals surface area contributed by atoms with Crippen molar-refractivity contribution in [1.82, 2.24) is 5.32 Å². The van der Waals surface area contributed by atoms with Gasteiger partial charge in [0, 0.05) is 5.75 Å². The van der Waals surface area contributed by atoms with Crippen LogP contribution in [0.2, 0.25) is 0 Å². The van der Waals surface area contributed by atoms with Crippen LogP contribution in [0.25, 0.3) is 0 Å². The third-order valence-corrected chi connectivity index (χ3v) is 4.66. The van der Waals surface area contributed by atoms with E-state index in [0.29, 0.717) is 17.7 Å². The molecule has 0 radical (unpaired) electrons. The number of hydrogen-bond donors (Lipinski definition) is 1. The van der Waals surface area contributed by atoms with Crippen LogP contribution >= 0.6 is 23.5 Å². The largest absolute Gasteiger partial charge is 0.465 e. The molecule has 0 aromatic carbocycles. The average Bonchev–Trinajstić information content (AvgIpc) is 2.73. The molecule has 1 aliphatic heterocycles. The monoisotopic (exact) mass is 277 g/mol. The fraction of sp³-hybridized carbons (Fsp3) is 0.818. The first-order valence-electron chi connectivity index (χ1n) is 5.75. The lowest BCUT2D eigenvalue weighted by atomic mass is 10.2. The van der Waals surface area contributed by atoms with Crippen LogP contribution in [-0.4, -0.2) is 47.0 Å². The van der Waals surface area contributed by atoms with Gasteiger partial charge in [-0.3, -0.25) is 14.9 Å². The molecule has 0 aliphatic carbocycles. The van der Waals surface area contributed by atoms with Gasteiger partial charge in [0.25, 0.3) is 0 Å². The summed E-state index contributed by atoms with van der Waals surface area (Å²) >= 11 is 3.37. The number of carbonyl (C=O) groups is 2. The molecule has 0 bridgehead atoms. The summed E-state index contributed by atoms with van der Waals surface area (Å²) in [5.74, 6) is 2.25. The highest BCUT2D eigenvalue weighted by Crippen LogP contribution is 2.23. The molecule has 0 amide bonds. The minimum atomic E-state index is -0.147. The quantitative estimate of drug-likeness (QED) is 0.559. The highest BCUT2D eigenvalue weighted by atomic mass is 32.2. The molecule has 2 atom stereocenters. The molecular formula is C11H19NO3S2. The van der Waals surface area contributed by atoms with Gasteiger partial charge in [-0.05, 0) is 26.0 Å². The maximum absolute atomic E-state index is 11.1. The van der Waals surface area contributed by atoms with E-state index in [1.165, 1.54) is 0 Å². The highest BCUT2D eigenvalue weighted by molar-refractivity contribution is 8.00. The molecule has 1 rings (SSSR count). The number of carbonyl (C=O) groups excluding carboxylic acids is 2. The van der Waals surface area contributed by atoms with Crippen LogP contribution in [0, 0.1) is 0 Å². The Hall–Kier alpha value is -0.200. The van der Waals surface area contributed by atoms with Crippen molar-refractivity contribution in [3.63, 3.8) is 0 Å². The molecule has 1 heterocycles. The molecule has 6 heteroatoms. The normalized spacial score (nSPS) is 23.6. The molecule has 1 saturated heterocycles. The summed E-state index contributed by atoms with van der Waals surface area (Å²) in [4.78, 5) is 22.2. The van der Waals surface area contributed by atoms with E-state index < -0.39 is 0 Å². The predicted molar refractivity (Wildman–Crippen MR) is 72.4 cm³/mol. The second-order valence-electron chi connectivity index (χ2n) is 3.80. The van der Waals surface area contributed by atoms with E-state index in [9.17, 15) is 9.59 Å². The number of esters is 1. The van der Waals surface area contributed by atoms with Crippen LogP contribution in [0.4, 0.5) is 0 Å². The van der Waals surface area contributed by atoms with Gasteiger partial charge in [0.05, 0.1) is 23.8 Å². The first-order chi connectivity index (χ1) is 8.13. The van der Waals surface area contributed by atoms with E-state index in [4.69, 9.17) is 4.74 Å². The Balaban J connectivity index is 2.04. The Bertz CT molecular complexity index is 273.